The average molecular weight is 257 g/mol. The van der Waals surface area contributed by atoms with E-state index in [1.165, 1.54) is 11.5 Å². The van der Waals surface area contributed by atoms with Crippen LogP contribution in [0.25, 0.3) is 0 Å². The molecule has 0 aromatic carbocycles. The lowest BCUT2D eigenvalue weighted by molar-refractivity contribution is -0.135. The van der Waals surface area contributed by atoms with E-state index in [4.69, 9.17) is 5.11 Å². The van der Waals surface area contributed by atoms with E-state index in [0.29, 0.717) is 5.13 Å². The summed E-state index contributed by atoms with van der Waals surface area (Å²) in [5.41, 5.74) is 0. The number of hydrogen-bond acceptors (Lipinski definition) is 5. The maximum absolute atomic E-state index is 10.9. The average Bonchev–Trinajstić information content (AvgIpc) is 2.73. The molecule has 1 atom stereocenters. The van der Waals surface area contributed by atoms with Crippen LogP contribution in [-0.4, -0.2) is 33.0 Å². The van der Waals surface area contributed by atoms with Gasteiger partial charge in [0.1, 0.15) is 12.4 Å². The number of carboxylic acid groups (broad SMARTS) is 1. The molecule has 0 aliphatic carbocycles. The molecule has 1 rings (SSSR count). The summed E-state index contributed by atoms with van der Waals surface area (Å²) in [6.07, 6.45) is 2.73. The Hall–Kier alpha value is -1.17. The number of rotatable bonds is 7. The molecule has 0 aliphatic heterocycles. The molecule has 6 heteroatoms. The summed E-state index contributed by atoms with van der Waals surface area (Å²) in [6, 6.07) is 0.161. The topological polar surface area (TPSA) is 66.3 Å². The van der Waals surface area contributed by atoms with Crippen LogP contribution in [-0.2, 0) is 11.2 Å². The van der Waals surface area contributed by atoms with Crippen molar-refractivity contribution < 1.29 is 9.90 Å². The molecule has 1 N–H and O–H groups in total. The van der Waals surface area contributed by atoms with Crippen molar-refractivity contribution in [3.05, 3.63) is 5.82 Å². The summed E-state index contributed by atoms with van der Waals surface area (Å²) < 4.78 is 4.25. The normalized spacial score (nSPS) is 12.4. The number of carbonyl (C=O) groups is 1. The molecule has 1 aromatic rings. The molecule has 0 radical (unpaired) electrons. The molecule has 0 aliphatic rings. The highest BCUT2D eigenvalue weighted by molar-refractivity contribution is 7.09. The van der Waals surface area contributed by atoms with Gasteiger partial charge in [0.15, 0.2) is 0 Å². The van der Waals surface area contributed by atoms with E-state index in [9.17, 15) is 4.79 Å². The third kappa shape index (κ3) is 3.96. The van der Waals surface area contributed by atoms with Crippen molar-refractivity contribution >= 4 is 22.6 Å². The summed E-state index contributed by atoms with van der Waals surface area (Å²) in [6.45, 7) is 6.09. The molecule has 1 heterocycles. The van der Waals surface area contributed by atoms with Crippen molar-refractivity contribution in [2.75, 3.05) is 11.4 Å². The Kier molecular flexibility index (Phi) is 5.34. The molecular weight excluding hydrogens is 238 g/mol. The fourth-order valence-electron chi connectivity index (χ4n) is 1.46. The second-order valence-corrected chi connectivity index (χ2v) is 4.75. The Labute approximate surface area is 106 Å². The van der Waals surface area contributed by atoms with Crippen LogP contribution in [0, 0.1) is 0 Å². The standard InChI is InChI=1S/C11H19N3O2S/c1-4-6-9-12-11(17-13-9)14(7-10(15)16)8(3)5-2/h8H,4-7H2,1-3H3,(H,15,16). The number of aromatic nitrogens is 2. The predicted molar refractivity (Wildman–Crippen MR) is 68.6 cm³/mol. The maximum Gasteiger partial charge on any atom is 0.323 e. The van der Waals surface area contributed by atoms with Crippen LogP contribution < -0.4 is 4.90 Å². The number of aliphatic carboxylic acids is 1. The molecule has 0 saturated heterocycles. The zero-order chi connectivity index (χ0) is 12.8. The number of aryl methyl sites for hydroxylation is 1. The first-order chi connectivity index (χ1) is 8.08. The van der Waals surface area contributed by atoms with E-state index in [0.717, 1.165) is 25.1 Å². The molecule has 17 heavy (non-hydrogen) atoms. The minimum absolute atomic E-state index is 0.0181. The Morgan fingerprint density at radius 1 is 1.53 bits per heavy atom. The second kappa shape index (κ2) is 6.54. The summed E-state index contributed by atoms with van der Waals surface area (Å²) in [4.78, 5) is 17.0. The summed E-state index contributed by atoms with van der Waals surface area (Å²) in [7, 11) is 0. The highest BCUT2D eigenvalue weighted by Gasteiger charge is 2.19. The van der Waals surface area contributed by atoms with Crippen LogP contribution in [0.3, 0.4) is 0 Å². The molecule has 0 amide bonds. The van der Waals surface area contributed by atoms with Gasteiger partial charge in [-0.2, -0.15) is 4.37 Å². The second-order valence-electron chi connectivity index (χ2n) is 4.02. The molecule has 0 bridgehead atoms. The van der Waals surface area contributed by atoms with Crippen molar-refractivity contribution in [3.8, 4) is 0 Å². The fourth-order valence-corrected chi connectivity index (χ4v) is 2.28. The Morgan fingerprint density at radius 3 is 2.76 bits per heavy atom. The molecule has 96 valence electrons. The Morgan fingerprint density at radius 2 is 2.24 bits per heavy atom. The number of hydrogen-bond donors (Lipinski definition) is 1. The molecular formula is C11H19N3O2S. The van der Waals surface area contributed by atoms with Gasteiger partial charge in [-0.05, 0) is 19.8 Å². The summed E-state index contributed by atoms with van der Waals surface area (Å²) in [5.74, 6) is -0.0243. The summed E-state index contributed by atoms with van der Waals surface area (Å²) in [5, 5.41) is 9.63. The lowest BCUT2D eigenvalue weighted by Gasteiger charge is -2.25. The quantitative estimate of drug-likeness (QED) is 0.811. The van der Waals surface area contributed by atoms with E-state index in [1.54, 1.807) is 4.90 Å². The fraction of sp³-hybridized carbons (Fsp3) is 0.727. The van der Waals surface area contributed by atoms with Gasteiger partial charge < -0.3 is 10.0 Å². The van der Waals surface area contributed by atoms with Crippen LogP contribution in [0.1, 0.15) is 39.4 Å². The van der Waals surface area contributed by atoms with Gasteiger partial charge in [-0.15, -0.1) is 0 Å². The van der Waals surface area contributed by atoms with Crippen LogP contribution in [0.5, 0.6) is 0 Å². The monoisotopic (exact) mass is 257 g/mol. The first kappa shape index (κ1) is 13.9. The Balaban J connectivity index is 2.83. The van der Waals surface area contributed by atoms with Crippen molar-refractivity contribution in [3.63, 3.8) is 0 Å². The van der Waals surface area contributed by atoms with E-state index in [-0.39, 0.29) is 12.6 Å². The molecule has 0 spiro atoms. The van der Waals surface area contributed by atoms with Crippen molar-refractivity contribution in [1.29, 1.82) is 0 Å². The largest absolute Gasteiger partial charge is 0.480 e. The lowest BCUT2D eigenvalue weighted by atomic mass is 10.2. The third-order valence-electron chi connectivity index (χ3n) is 2.61. The lowest BCUT2D eigenvalue weighted by Crippen LogP contribution is -2.37. The third-order valence-corrected chi connectivity index (χ3v) is 3.40. The van der Waals surface area contributed by atoms with E-state index >= 15 is 0 Å². The van der Waals surface area contributed by atoms with E-state index in [2.05, 4.69) is 16.3 Å². The van der Waals surface area contributed by atoms with Gasteiger partial charge in [0.25, 0.3) is 0 Å². The minimum Gasteiger partial charge on any atom is -0.480 e. The van der Waals surface area contributed by atoms with Crippen molar-refractivity contribution in [2.24, 2.45) is 0 Å². The SMILES string of the molecule is CCCc1nsc(N(CC(=O)O)C(C)CC)n1. The van der Waals surface area contributed by atoms with Crippen molar-refractivity contribution in [2.45, 2.75) is 46.1 Å². The van der Waals surface area contributed by atoms with Crippen LogP contribution in [0.2, 0.25) is 0 Å². The van der Waals surface area contributed by atoms with Crippen molar-refractivity contribution in [1.82, 2.24) is 9.36 Å². The van der Waals surface area contributed by atoms with Gasteiger partial charge in [0, 0.05) is 24.0 Å². The van der Waals surface area contributed by atoms with Gasteiger partial charge in [0.2, 0.25) is 5.13 Å². The number of nitrogens with zero attached hydrogens (tertiary/aromatic N) is 3. The first-order valence-corrected chi connectivity index (χ1v) is 6.66. The van der Waals surface area contributed by atoms with E-state index in [1.807, 2.05) is 13.8 Å². The predicted octanol–water partition coefficient (Wildman–Crippen LogP) is 2.18. The van der Waals surface area contributed by atoms with E-state index < -0.39 is 5.97 Å². The minimum atomic E-state index is -0.836. The van der Waals surface area contributed by atoms with Crippen LogP contribution in [0.4, 0.5) is 5.13 Å². The van der Waals surface area contributed by atoms with Gasteiger partial charge in [0.05, 0.1) is 0 Å². The number of carboxylic acids is 1. The zero-order valence-electron chi connectivity index (χ0n) is 10.5. The zero-order valence-corrected chi connectivity index (χ0v) is 11.3. The van der Waals surface area contributed by atoms with Crippen LogP contribution >= 0.6 is 11.5 Å². The highest BCUT2D eigenvalue weighted by atomic mass is 32.1. The summed E-state index contributed by atoms with van der Waals surface area (Å²) >= 11 is 1.28. The van der Waals surface area contributed by atoms with Gasteiger partial charge in [-0.1, -0.05) is 13.8 Å². The van der Waals surface area contributed by atoms with Crippen LogP contribution in [0.15, 0.2) is 0 Å². The van der Waals surface area contributed by atoms with Gasteiger partial charge >= 0.3 is 5.97 Å². The smallest absolute Gasteiger partial charge is 0.323 e. The van der Waals surface area contributed by atoms with Gasteiger partial charge in [-0.25, -0.2) is 4.98 Å². The molecule has 1 aromatic heterocycles. The molecule has 0 saturated carbocycles. The first-order valence-electron chi connectivity index (χ1n) is 5.89. The number of anilines is 1. The van der Waals surface area contributed by atoms with Gasteiger partial charge in [-0.3, -0.25) is 4.79 Å². The molecule has 5 nitrogen and oxygen atoms in total. The highest BCUT2D eigenvalue weighted by Crippen LogP contribution is 2.21. The molecule has 0 fully saturated rings. The maximum atomic E-state index is 10.9. The Bertz CT molecular complexity index is 367. The molecule has 1 unspecified atom stereocenters.